The van der Waals surface area contributed by atoms with Crippen molar-refractivity contribution < 1.29 is 0 Å². The highest BCUT2D eigenvalue weighted by atomic mass is 35.8. The summed E-state index contributed by atoms with van der Waals surface area (Å²) >= 11 is 30.0. The van der Waals surface area contributed by atoms with E-state index in [1.807, 2.05) is 0 Å². The zero-order chi connectivity index (χ0) is 13.3. The minimum atomic E-state index is -2.72. The number of hydrogen-bond donors (Lipinski definition) is 0. The Morgan fingerprint density at radius 3 is 1.76 bits per heavy atom. The van der Waals surface area contributed by atoms with Gasteiger partial charge in [0.1, 0.15) is 0 Å². The van der Waals surface area contributed by atoms with Crippen molar-refractivity contribution in [1.82, 2.24) is 0 Å². The molecule has 104 valence electrons. The number of rotatable bonds is 10. The summed E-state index contributed by atoms with van der Waals surface area (Å²) in [5.41, 5.74) is 0. The third kappa shape index (κ3) is 10.3. The fourth-order valence-corrected chi connectivity index (χ4v) is 15.9. The van der Waals surface area contributed by atoms with Gasteiger partial charge in [-0.1, -0.05) is 51.9 Å². The normalized spacial score (nSPS) is 14.3. The largest absolute Gasteiger partial charge is 0.343 e. The molecule has 0 radical (unpaired) electrons. The van der Waals surface area contributed by atoms with Gasteiger partial charge in [0, 0.05) is 5.16 Å². The Morgan fingerprint density at radius 1 is 0.882 bits per heavy atom. The fraction of sp³-hybridized carbons (Fsp3) is 1.00. The SMILES string of the molecule is CCCCCCCCCC([SiH](Cl)Cl)[Si](Cl)(Cl)Cl. The van der Waals surface area contributed by atoms with E-state index in [9.17, 15) is 0 Å². The molecule has 0 rings (SSSR count). The zero-order valence-electron chi connectivity index (χ0n) is 10.2. The molecule has 0 aliphatic rings. The van der Waals surface area contributed by atoms with Crippen molar-refractivity contribution in [3.63, 3.8) is 0 Å². The smallest absolute Gasteiger partial charge is 0.150 e. The topological polar surface area (TPSA) is 0 Å². The second-order valence-electron chi connectivity index (χ2n) is 4.39. The minimum Gasteiger partial charge on any atom is -0.150 e. The summed E-state index contributed by atoms with van der Waals surface area (Å²) in [5, 5.41) is -0.00789. The molecule has 0 aromatic carbocycles. The van der Waals surface area contributed by atoms with Crippen molar-refractivity contribution >= 4 is 68.8 Å². The first kappa shape index (κ1) is 18.9. The van der Waals surface area contributed by atoms with E-state index in [4.69, 9.17) is 55.4 Å². The molecule has 0 nitrogen and oxygen atoms in total. The van der Waals surface area contributed by atoms with Crippen molar-refractivity contribution in [2.45, 2.75) is 63.5 Å². The van der Waals surface area contributed by atoms with Crippen LogP contribution in [0.2, 0.25) is 5.16 Å². The van der Waals surface area contributed by atoms with Gasteiger partial charge in [0.05, 0.1) is 0 Å². The Hall–Kier alpha value is 1.88. The average molecular weight is 375 g/mol. The molecule has 17 heavy (non-hydrogen) atoms. The number of unbranched alkanes of at least 4 members (excludes halogenated alkanes) is 6. The van der Waals surface area contributed by atoms with Crippen molar-refractivity contribution in [2.24, 2.45) is 0 Å². The monoisotopic (exact) mass is 372 g/mol. The Morgan fingerprint density at radius 2 is 1.35 bits per heavy atom. The fourth-order valence-electron chi connectivity index (χ4n) is 1.75. The minimum absolute atomic E-state index is 0.00789. The van der Waals surface area contributed by atoms with Crippen LogP contribution in [0.25, 0.3) is 0 Å². The highest BCUT2D eigenvalue weighted by Gasteiger charge is 2.41. The average Bonchev–Trinajstić information content (AvgIpc) is 2.19. The van der Waals surface area contributed by atoms with Gasteiger partial charge < -0.3 is 0 Å². The van der Waals surface area contributed by atoms with Crippen LogP contribution in [0.15, 0.2) is 0 Å². The zero-order valence-corrected chi connectivity index (χ0v) is 16.1. The third-order valence-corrected chi connectivity index (χ3v) is 14.9. The molecule has 0 saturated heterocycles. The maximum Gasteiger partial charge on any atom is 0.343 e. The van der Waals surface area contributed by atoms with Gasteiger partial charge >= 0.3 is 6.00 Å². The van der Waals surface area contributed by atoms with Crippen LogP contribution in [-0.2, 0) is 0 Å². The first-order valence-electron chi connectivity index (χ1n) is 6.24. The lowest BCUT2D eigenvalue weighted by atomic mass is 10.1. The van der Waals surface area contributed by atoms with Gasteiger partial charge in [-0.3, -0.25) is 0 Å². The van der Waals surface area contributed by atoms with Crippen LogP contribution >= 0.6 is 55.4 Å². The third-order valence-electron chi connectivity index (χ3n) is 2.84. The summed E-state index contributed by atoms with van der Waals surface area (Å²) < 4.78 is 0. The van der Waals surface area contributed by atoms with Gasteiger partial charge in [0.15, 0.2) is 0 Å². The summed E-state index contributed by atoms with van der Waals surface area (Å²) in [6, 6.07) is -2.72. The van der Waals surface area contributed by atoms with Crippen molar-refractivity contribution in [2.75, 3.05) is 0 Å². The number of halogens is 5. The van der Waals surface area contributed by atoms with Crippen molar-refractivity contribution in [3.8, 4) is 0 Å². The van der Waals surface area contributed by atoms with Gasteiger partial charge in [0.25, 0.3) is 0 Å². The van der Waals surface area contributed by atoms with Crippen LogP contribution in [0.3, 0.4) is 0 Å². The predicted molar refractivity (Wildman–Crippen MR) is 88.5 cm³/mol. The Balaban J connectivity index is 3.63. The van der Waals surface area contributed by atoms with Gasteiger partial charge in [0.2, 0.25) is 7.42 Å². The molecule has 0 aliphatic heterocycles. The van der Waals surface area contributed by atoms with E-state index in [1.165, 1.54) is 38.5 Å². The molecule has 0 N–H and O–H groups in total. The van der Waals surface area contributed by atoms with Crippen molar-refractivity contribution in [3.05, 3.63) is 0 Å². The molecule has 0 amide bonds. The molecule has 0 aromatic rings. The summed E-state index contributed by atoms with van der Waals surface area (Å²) in [7, 11) is -1.87. The van der Waals surface area contributed by atoms with Crippen LogP contribution in [-0.4, -0.2) is 13.4 Å². The maximum atomic E-state index is 6.01. The van der Waals surface area contributed by atoms with Crippen LogP contribution in [0.4, 0.5) is 0 Å². The Labute approximate surface area is 131 Å². The molecular formula is C10H21Cl5Si2. The molecule has 0 spiro atoms. The molecule has 0 heterocycles. The van der Waals surface area contributed by atoms with E-state index >= 15 is 0 Å². The second-order valence-corrected chi connectivity index (χ2v) is 19.0. The molecule has 1 atom stereocenters. The van der Waals surface area contributed by atoms with Crippen LogP contribution in [0.5, 0.6) is 0 Å². The molecule has 0 fully saturated rings. The van der Waals surface area contributed by atoms with Crippen LogP contribution in [0, 0.1) is 0 Å². The highest BCUT2D eigenvalue weighted by molar-refractivity contribution is 7.68. The Kier molecular flexibility index (Phi) is 11.8. The summed E-state index contributed by atoms with van der Waals surface area (Å²) in [5.74, 6) is 0. The number of hydrogen-bond acceptors (Lipinski definition) is 0. The van der Waals surface area contributed by atoms with Crippen LogP contribution < -0.4 is 0 Å². The lowest BCUT2D eigenvalue weighted by molar-refractivity contribution is 0.581. The van der Waals surface area contributed by atoms with Gasteiger partial charge in [-0.2, -0.15) is 22.2 Å². The first-order valence-corrected chi connectivity index (χ1v) is 15.5. The highest BCUT2D eigenvalue weighted by Crippen LogP contribution is 2.41. The molecule has 0 saturated carbocycles. The van der Waals surface area contributed by atoms with E-state index in [1.54, 1.807) is 0 Å². The summed E-state index contributed by atoms with van der Waals surface area (Å²) in [6.45, 7) is 2.22. The standard InChI is InChI=1S/C10H21Cl5Si2/c1-2-3-4-5-6-7-8-9-10(16(11)12)17(13,14)15/h10,16H,2-9H2,1H3. The lowest BCUT2D eigenvalue weighted by Crippen LogP contribution is -2.27. The van der Waals surface area contributed by atoms with Gasteiger partial charge in [-0.05, 0) is 6.42 Å². The molecular weight excluding hydrogens is 354 g/mol. The second kappa shape index (κ2) is 10.6. The molecule has 7 heteroatoms. The summed E-state index contributed by atoms with van der Waals surface area (Å²) in [4.78, 5) is 0. The quantitative estimate of drug-likeness (QED) is 0.236. The van der Waals surface area contributed by atoms with Gasteiger partial charge in [-0.25, -0.2) is 0 Å². The summed E-state index contributed by atoms with van der Waals surface area (Å²) in [6.07, 6.45) is 9.71. The maximum absolute atomic E-state index is 6.01. The van der Waals surface area contributed by atoms with Crippen LogP contribution in [0.1, 0.15) is 58.3 Å². The van der Waals surface area contributed by atoms with E-state index < -0.39 is 13.4 Å². The molecule has 1 unspecified atom stereocenters. The lowest BCUT2D eigenvalue weighted by Gasteiger charge is -2.21. The van der Waals surface area contributed by atoms with E-state index in [0.717, 1.165) is 12.8 Å². The predicted octanol–water partition coefficient (Wildman–Crippen LogP) is 6.39. The first-order chi connectivity index (χ1) is 7.89. The molecule has 0 aromatic heterocycles. The van der Waals surface area contributed by atoms with Gasteiger partial charge in [-0.15, -0.1) is 33.2 Å². The van der Waals surface area contributed by atoms with E-state index in [2.05, 4.69) is 6.92 Å². The Bertz CT molecular complexity index is 184. The van der Waals surface area contributed by atoms with E-state index in [0.29, 0.717) is 0 Å². The van der Waals surface area contributed by atoms with E-state index in [-0.39, 0.29) is 5.16 Å². The van der Waals surface area contributed by atoms with Crippen molar-refractivity contribution in [1.29, 1.82) is 0 Å². The molecule has 0 aliphatic carbocycles. The molecule has 0 bridgehead atoms.